The highest BCUT2D eigenvalue weighted by atomic mass is 35.5. The van der Waals surface area contributed by atoms with Gasteiger partial charge in [0.15, 0.2) is 0 Å². The number of nitrogens with two attached hydrogens (primary N) is 1. The fourth-order valence-corrected chi connectivity index (χ4v) is 1.36. The van der Waals surface area contributed by atoms with Gasteiger partial charge in [-0.25, -0.2) is 8.78 Å². The minimum absolute atomic E-state index is 0.0532. The Bertz CT molecular complexity index is 315. The molecule has 0 aliphatic rings. The summed E-state index contributed by atoms with van der Waals surface area (Å²) < 4.78 is 24.6. The molecule has 0 aromatic carbocycles. The molecule has 0 saturated heterocycles. The summed E-state index contributed by atoms with van der Waals surface area (Å²) in [5, 5.41) is 0. The van der Waals surface area contributed by atoms with E-state index in [9.17, 15) is 8.78 Å². The van der Waals surface area contributed by atoms with Crippen LogP contribution in [0.4, 0.5) is 14.5 Å². The monoisotopic (exact) mass is 206 g/mol. The first kappa shape index (κ1) is 10.2. The van der Waals surface area contributed by atoms with Gasteiger partial charge in [-0.1, -0.05) is 0 Å². The number of anilines is 1. The molecule has 0 saturated carbocycles. The smallest absolute Gasteiger partial charge is 0.267 e. The highest BCUT2D eigenvalue weighted by Gasteiger charge is 2.15. The number of pyridine rings is 1. The average molecular weight is 207 g/mol. The molecule has 0 amide bonds. The lowest BCUT2D eigenvalue weighted by Crippen LogP contribution is -2.03. The van der Waals surface area contributed by atoms with Crippen molar-refractivity contribution in [3.05, 3.63) is 23.0 Å². The number of aromatic nitrogens is 1. The van der Waals surface area contributed by atoms with Crippen LogP contribution in [-0.2, 0) is 5.88 Å². The van der Waals surface area contributed by atoms with Gasteiger partial charge >= 0.3 is 0 Å². The molecule has 0 aliphatic carbocycles. The number of hydrogen-bond donors (Lipinski definition) is 1. The van der Waals surface area contributed by atoms with Crippen molar-refractivity contribution in [3.63, 3.8) is 0 Å². The lowest BCUT2D eigenvalue weighted by molar-refractivity contribution is 0.151. The number of hydrogen-bond acceptors (Lipinski definition) is 2. The molecule has 0 atom stereocenters. The summed E-state index contributed by atoms with van der Waals surface area (Å²) in [5.74, 6) is 0.102. The maximum Gasteiger partial charge on any atom is 0.267 e. The lowest BCUT2D eigenvalue weighted by Gasteiger charge is -2.09. The molecule has 1 rings (SSSR count). The summed E-state index contributed by atoms with van der Waals surface area (Å²) in [6, 6.07) is 0. The van der Waals surface area contributed by atoms with E-state index >= 15 is 0 Å². The van der Waals surface area contributed by atoms with Crippen LogP contribution in [0.3, 0.4) is 0 Å². The molecule has 72 valence electrons. The van der Waals surface area contributed by atoms with Crippen LogP contribution in [0.2, 0.25) is 0 Å². The summed E-state index contributed by atoms with van der Waals surface area (Å²) in [5.41, 5.74) is 6.38. The van der Waals surface area contributed by atoms with Gasteiger partial charge < -0.3 is 5.73 Å². The number of alkyl halides is 3. The first-order valence-electron chi connectivity index (χ1n) is 3.66. The quantitative estimate of drug-likeness (QED) is 0.756. The van der Waals surface area contributed by atoms with Crippen LogP contribution in [0.15, 0.2) is 6.20 Å². The Morgan fingerprint density at radius 3 is 2.69 bits per heavy atom. The van der Waals surface area contributed by atoms with Crippen LogP contribution in [0.25, 0.3) is 0 Å². The zero-order chi connectivity index (χ0) is 10.0. The molecule has 5 heteroatoms. The fraction of sp³-hybridized carbons (Fsp3) is 0.375. The van der Waals surface area contributed by atoms with Gasteiger partial charge in [-0.05, 0) is 6.92 Å². The second-order valence-corrected chi connectivity index (χ2v) is 2.89. The van der Waals surface area contributed by atoms with Crippen molar-refractivity contribution >= 4 is 17.3 Å². The molecule has 0 fully saturated rings. The first-order chi connectivity index (χ1) is 6.07. The number of nitrogens with zero attached hydrogens (tertiary/aromatic N) is 1. The molecule has 0 unspecified atom stereocenters. The van der Waals surface area contributed by atoms with E-state index in [2.05, 4.69) is 4.98 Å². The van der Waals surface area contributed by atoms with E-state index in [1.807, 2.05) is 0 Å². The minimum Gasteiger partial charge on any atom is -0.398 e. The summed E-state index contributed by atoms with van der Waals surface area (Å²) >= 11 is 5.55. The van der Waals surface area contributed by atoms with Crippen LogP contribution in [0.5, 0.6) is 0 Å². The standard InChI is InChI=1S/C8H9ClF2N2/c1-4-5(2-9)7(12)6(3-13-4)8(10)11/h3,8H,2H2,1H3,(H2,12,13). The topological polar surface area (TPSA) is 38.9 Å². The number of nitrogen functional groups attached to an aromatic ring is 1. The molecule has 13 heavy (non-hydrogen) atoms. The van der Waals surface area contributed by atoms with E-state index < -0.39 is 6.43 Å². The Balaban J connectivity index is 3.27. The van der Waals surface area contributed by atoms with Gasteiger partial charge in [0.25, 0.3) is 6.43 Å². The maximum atomic E-state index is 12.3. The van der Waals surface area contributed by atoms with Crippen molar-refractivity contribution in [3.8, 4) is 0 Å². The predicted octanol–water partition coefficient (Wildman–Crippen LogP) is 2.65. The largest absolute Gasteiger partial charge is 0.398 e. The summed E-state index contributed by atoms with van der Waals surface area (Å²) in [4.78, 5) is 3.79. The van der Waals surface area contributed by atoms with Crippen LogP contribution in [-0.4, -0.2) is 4.98 Å². The van der Waals surface area contributed by atoms with E-state index in [0.717, 1.165) is 6.20 Å². The van der Waals surface area contributed by atoms with Crippen LogP contribution >= 0.6 is 11.6 Å². The zero-order valence-electron chi connectivity index (χ0n) is 7.02. The summed E-state index contributed by atoms with van der Waals surface area (Å²) in [6.07, 6.45) is -1.51. The molecule has 1 aromatic rings. The van der Waals surface area contributed by atoms with Gasteiger partial charge in [-0.2, -0.15) is 0 Å². The van der Waals surface area contributed by atoms with Crippen molar-refractivity contribution in [2.45, 2.75) is 19.2 Å². The molecular weight excluding hydrogens is 198 g/mol. The van der Waals surface area contributed by atoms with Crippen LogP contribution < -0.4 is 5.73 Å². The molecule has 0 aliphatic heterocycles. The van der Waals surface area contributed by atoms with Crippen molar-refractivity contribution in [2.75, 3.05) is 5.73 Å². The van der Waals surface area contributed by atoms with Crippen molar-refractivity contribution in [2.24, 2.45) is 0 Å². The van der Waals surface area contributed by atoms with Crippen molar-refractivity contribution in [1.82, 2.24) is 4.98 Å². The zero-order valence-corrected chi connectivity index (χ0v) is 7.78. The highest BCUT2D eigenvalue weighted by Crippen LogP contribution is 2.28. The van der Waals surface area contributed by atoms with E-state index in [1.165, 1.54) is 0 Å². The van der Waals surface area contributed by atoms with Crippen molar-refractivity contribution < 1.29 is 8.78 Å². The predicted molar refractivity (Wildman–Crippen MR) is 47.9 cm³/mol. The molecule has 0 radical (unpaired) electrons. The number of aryl methyl sites for hydroxylation is 1. The van der Waals surface area contributed by atoms with Gasteiger partial charge in [0, 0.05) is 23.1 Å². The Kier molecular flexibility index (Phi) is 3.03. The summed E-state index contributed by atoms with van der Waals surface area (Å²) in [7, 11) is 0. The van der Waals surface area contributed by atoms with Crippen LogP contribution in [0, 0.1) is 6.92 Å². The molecule has 1 aromatic heterocycles. The van der Waals surface area contributed by atoms with Crippen molar-refractivity contribution in [1.29, 1.82) is 0 Å². The van der Waals surface area contributed by atoms with Gasteiger partial charge in [-0.3, -0.25) is 4.98 Å². The molecule has 2 N–H and O–H groups in total. The maximum absolute atomic E-state index is 12.3. The Morgan fingerprint density at radius 1 is 1.62 bits per heavy atom. The average Bonchev–Trinajstić information content (AvgIpc) is 2.04. The molecular formula is C8H9ClF2N2. The SMILES string of the molecule is Cc1ncc(C(F)F)c(N)c1CCl. The number of rotatable bonds is 2. The van der Waals surface area contributed by atoms with E-state index in [4.69, 9.17) is 17.3 Å². The fourth-order valence-electron chi connectivity index (χ4n) is 1.03. The minimum atomic E-state index is -2.60. The normalized spacial score (nSPS) is 10.8. The van der Waals surface area contributed by atoms with Gasteiger partial charge in [0.1, 0.15) is 0 Å². The molecule has 0 spiro atoms. The van der Waals surface area contributed by atoms with Gasteiger partial charge in [0.05, 0.1) is 11.4 Å². The third kappa shape index (κ3) is 1.88. The van der Waals surface area contributed by atoms with E-state index in [-0.39, 0.29) is 17.1 Å². The first-order valence-corrected chi connectivity index (χ1v) is 4.19. The van der Waals surface area contributed by atoms with Gasteiger partial charge in [0.2, 0.25) is 0 Å². The summed E-state index contributed by atoms with van der Waals surface area (Å²) in [6.45, 7) is 1.68. The second-order valence-electron chi connectivity index (χ2n) is 2.63. The van der Waals surface area contributed by atoms with E-state index in [0.29, 0.717) is 11.3 Å². The van der Waals surface area contributed by atoms with E-state index in [1.54, 1.807) is 6.92 Å². The second kappa shape index (κ2) is 3.87. The Labute approximate surface area is 79.7 Å². The highest BCUT2D eigenvalue weighted by molar-refractivity contribution is 6.17. The third-order valence-electron chi connectivity index (χ3n) is 1.84. The molecule has 1 heterocycles. The molecule has 2 nitrogen and oxygen atoms in total. The van der Waals surface area contributed by atoms with Crippen LogP contribution in [0.1, 0.15) is 23.2 Å². The molecule has 0 bridgehead atoms. The Morgan fingerprint density at radius 2 is 2.23 bits per heavy atom. The lowest BCUT2D eigenvalue weighted by atomic mass is 10.1. The Hall–Kier alpha value is -0.900. The third-order valence-corrected chi connectivity index (χ3v) is 2.11. The van der Waals surface area contributed by atoms with Gasteiger partial charge in [-0.15, -0.1) is 11.6 Å². The number of halogens is 3.